The first-order valence-corrected chi connectivity index (χ1v) is 6.90. The maximum absolute atomic E-state index is 11.2. The van der Waals surface area contributed by atoms with Crippen LogP contribution in [0, 0.1) is 0 Å². The SMILES string of the molecule is CCCCCCCC(C)(O)CCC(=O)OCC. The van der Waals surface area contributed by atoms with Crippen molar-refractivity contribution in [3.05, 3.63) is 0 Å². The highest BCUT2D eigenvalue weighted by Gasteiger charge is 2.21. The average molecular weight is 244 g/mol. The summed E-state index contributed by atoms with van der Waals surface area (Å²) in [7, 11) is 0. The lowest BCUT2D eigenvalue weighted by atomic mass is 9.93. The summed E-state index contributed by atoms with van der Waals surface area (Å²) in [6.45, 7) is 6.21. The largest absolute Gasteiger partial charge is 0.466 e. The van der Waals surface area contributed by atoms with Gasteiger partial charge in [-0.2, -0.15) is 0 Å². The fraction of sp³-hybridized carbons (Fsp3) is 0.929. The third-order valence-electron chi connectivity index (χ3n) is 2.99. The molecule has 3 nitrogen and oxygen atoms in total. The molecule has 1 N–H and O–H groups in total. The number of ether oxygens (including phenoxy) is 1. The number of hydrogen-bond acceptors (Lipinski definition) is 3. The fourth-order valence-electron chi connectivity index (χ4n) is 1.84. The van der Waals surface area contributed by atoms with E-state index in [1.54, 1.807) is 6.92 Å². The first kappa shape index (κ1) is 16.4. The van der Waals surface area contributed by atoms with Crippen molar-refractivity contribution in [2.75, 3.05) is 6.61 Å². The number of rotatable bonds is 10. The quantitative estimate of drug-likeness (QED) is 0.473. The number of carbonyl (C=O) groups is 1. The molecule has 3 heteroatoms. The molecule has 0 radical (unpaired) electrons. The van der Waals surface area contributed by atoms with E-state index >= 15 is 0 Å². The molecule has 0 amide bonds. The topological polar surface area (TPSA) is 46.5 Å². The van der Waals surface area contributed by atoms with Crippen molar-refractivity contribution in [2.45, 2.75) is 77.7 Å². The number of carbonyl (C=O) groups excluding carboxylic acids is 1. The fourth-order valence-corrected chi connectivity index (χ4v) is 1.84. The maximum Gasteiger partial charge on any atom is 0.305 e. The number of esters is 1. The highest BCUT2D eigenvalue weighted by molar-refractivity contribution is 5.69. The molecule has 0 saturated carbocycles. The highest BCUT2D eigenvalue weighted by Crippen LogP contribution is 2.21. The lowest BCUT2D eigenvalue weighted by Gasteiger charge is -2.22. The normalized spacial score (nSPS) is 14.4. The molecular weight excluding hydrogens is 216 g/mol. The zero-order valence-electron chi connectivity index (χ0n) is 11.6. The van der Waals surface area contributed by atoms with Gasteiger partial charge in [0, 0.05) is 6.42 Å². The third-order valence-corrected chi connectivity index (χ3v) is 2.99. The first-order chi connectivity index (χ1) is 8.02. The van der Waals surface area contributed by atoms with Crippen molar-refractivity contribution in [1.29, 1.82) is 0 Å². The molecule has 17 heavy (non-hydrogen) atoms. The Hall–Kier alpha value is -0.570. The van der Waals surface area contributed by atoms with E-state index in [0.717, 1.165) is 12.8 Å². The second-order valence-corrected chi connectivity index (χ2v) is 4.97. The molecule has 0 aromatic carbocycles. The van der Waals surface area contributed by atoms with Crippen LogP contribution in [0.2, 0.25) is 0 Å². The summed E-state index contributed by atoms with van der Waals surface area (Å²) in [6.07, 6.45) is 7.54. The van der Waals surface area contributed by atoms with Crippen LogP contribution in [0.25, 0.3) is 0 Å². The molecule has 0 aliphatic heterocycles. The van der Waals surface area contributed by atoms with Gasteiger partial charge in [0.15, 0.2) is 0 Å². The number of hydrogen-bond donors (Lipinski definition) is 1. The van der Waals surface area contributed by atoms with Crippen LogP contribution in [-0.2, 0) is 9.53 Å². The van der Waals surface area contributed by atoms with E-state index in [9.17, 15) is 9.90 Å². The van der Waals surface area contributed by atoms with E-state index < -0.39 is 5.60 Å². The molecule has 0 spiro atoms. The summed E-state index contributed by atoms with van der Waals surface area (Å²) in [5.41, 5.74) is -0.723. The minimum Gasteiger partial charge on any atom is -0.466 e. The third kappa shape index (κ3) is 10.3. The summed E-state index contributed by atoms with van der Waals surface area (Å²) in [6, 6.07) is 0. The van der Waals surface area contributed by atoms with Crippen molar-refractivity contribution in [1.82, 2.24) is 0 Å². The summed E-state index contributed by atoms with van der Waals surface area (Å²) in [4.78, 5) is 11.2. The van der Waals surface area contributed by atoms with Gasteiger partial charge in [-0.1, -0.05) is 39.0 Å². The van der Waals surface area contributed by atoms with Gasteiger partial charge in [0.2, 0.25) is 0 Å². The van der Waals surface area contributed by atoms with Gasteiger partial charge < -0.3 is 9.84 Å². The molecule has 0 aromatic rings. The Balaban J connectivity index is 3.61. The highest BCUT2D eigenvalue weighted by atomic mass is 16.5. The number of aliphatic hydroxyl groups is 1. The van der Waals surface area contributed by atoms with Gasteiger partial charge in [0.1, 0.15) is 0 Å². The summed E-state index contributed by atoms with van der Waals surface area (Å²) >= 11 is 0. The molecule has 0 rings (SSSR count). The lowest BCUT2D eigenvalue weighted by molar-refractivity contribution is -0.144. The Morgan fingerprint density at radius 1 is 1.12 bits per heavy atom. The number of unbranched alkanes of at least 4 members (excludes halogenated alkanes) is 4. The molecule has 0 aliphatic carbocycles. The van der Waals surface area contributed by atoms with E-state index in [4.69, 9.17) is 4.74 Å². The molecule has 0 saturated heterocycles. The minimum absolute atomic E-state index is 0.209. The molecule has 0 aliphatic rings. The molecule has 1 unspecified atom stereocenters. The Bertz CT molecular complexity index is 200. The second kappa shape index (κ2) is 9.46. The molecular formula is C14H28O3. The van der Waals surface area contributed by atoms with Gasteiger partial charge in [-0.25, -0.2) is 0 Å². The van der Waals surface area contributed by atoms with Crippen molar-refractivity contribution in [2.24, 2.45) is 0 Å². The molecule has 0 fully saturated rings. The van der Waals surface area contributed by atoms with Gasteiger partial charge >= 0.3 is 5.97 Å². The van der Waals surface area contributed by atoms with Gasteiger partial charge in [-0.3, -0.25) is 4.79 Å². The van der Waals surface area contributed by atoms with Crippen molar-refractivity contribution in [3.8, 4) is 0 Å². The van der Waals surface area contributed by atoms with Crippen LogP contribution >= 0.6 is 0 Å². The maximum atomic E-state index is 11.2. The predicted molar refractivity (Wildman–Crippen MR) is 69.9 cm³/mol. The molecule has 1 atom stereocenters. The van der Waals surface area contributed by atoms with Gasteiger partial charge in [-0.05, 0) is 26.7 Å². The predicted octanol–water partition coefficient (Wildman–Crippen LogP) is 3.44. The van der Waals surface area contributed by atoms with E-state index in [2.05, 4.69) is 6.92 Å². The molecule has 0 bridgehead atoms. The van der Waals surface area contributed by atoms with Crippen LogP contribution < -0.4 is 0 Å². The minimum atomic E-state index is -0.723. The second-order valence-electron chi connectivity index (χ2n) is 4.97. The Labute approximate surface area is 106 Å². The Morgan fingerprint density at radius 3 is 2.35 bits per heavy atom. The Kier molecular flexibility index (Phi) is 9.14. The van der Waals surface area contributed by atoms with Crippen LogP contribution in [0.3, 0.4) is 0 Å². The van der Waals surface area contributed by atoms with Gasteiger partial charge in [-0.15, -0.1) is 0 Å². The van der Waals surface area contributed by atoms with E-state index in [-0.39, 0.29) is 5.97 Å². The van der Waals surface area contributed by atoms with Crippen LogP contribution in [-0.4, -0.2) is 23.3 Å². The zero-order valence-corrected chi connectivity index (χ0v) is 11.6. The molecule has 102 valence electrons. The van der Waals surface area contributed by atoms with E-state index in [1.807, 2.05) is 6.92 Å². The van der Waals surface area contributed by atoms with Crippen LogP contribution in [0.15, 0.2) is 0 Å². The average Bonchev–Trinajstić information content (AvgIpc) is 2.27. The molecule has 0 heterocycles. The lowest BCUT2D eigenvalue weighted by Crippen LogP contribution is -2.25. The monoisotopic (exact) mass is 244 g/mol. The standard InChI is InChI=1S/C14H28O3/c1-4-6-7-8-9-11-14(3,16)12-10-13(15)17-5-2/h16H,4-12H2,1-3H3. The summed E-state index contributed by atoms with van der Waals surface area (Å²) in [5, 5.41) is 10.1. The van der Waals surface area contributed by atoms with Gasteiger partial charge in [0.05, 0.1) is 12.2 Å². The summed E-state index contributed by atoms with van der Waals surface area (Å²) < 4.78 is 4.84. The molecule has 0 aromatic heterocycles. The van der Waals surface area contributed by atoms with E-state index in [0.29, 0.717) is 19.4 Å². The van der Waals surface area contributed by atoms with Crippen LogP contribution in [0.1, 0.15) is 72.1 Å². The summed E-state index contributed by atoms with van der Waals surface area (Å²) in [5.74, 6) is -0.209. The van der Waals surface area contributed by atoms with E-state index in [1.165, 1.54) is 25.7 Å². The Morgan fingerprint density at radius 2 is 1.76 bits per heavy atom. The van der Waals surface area contributed by atoms with Gasteiger partial charge in [0.25, 0.3) is 0 Å². The smallest absolute Gasteiger partial charge is 0.305 e. The van der Waals surface area contributed by atoms with Crippen molar-refractivity contribution >= 4 is 5.97 Å². The first-order valence-electron chi connectivity index (χ1n) is 6.90. The van der Waals surface area contributed by atoms with Crippen LogP contribution in [0.5, 0.6) is 0 Å². The van der Waals surface area contributed by atoms with Crippen LogP contribution in [0.4, 0.5) is 0 Å². The zero-order chi connectivity index (χ0) is 13.1. The van der Waals surface area contributed by atoms with Crippen molar-refractivity contribution < 1.29 is 14.6 Å². The van der Waals surface area contributed by atoms with Crippen molar-refractivity contribution in [3.63, 3.8) is 0 Å².